The van der Waals surface area contributed by atoms with Crippen molar-refractivity contribution in [3.05, 3.63) is 74.0 Å². The lowest BCUT2D eigenvalue weighted by Crippen LogP contribution is -2.56. The Morgan fingerprint density at radius 2 is 1.67 bits per heavy atom. The first-order valence-corrected chi connectivity index (χ1v) is 13.9. The molecule has 1 aliphatic heterocycles. The van der Waals surface area contributed by atoms with E-state index in [-0.39, 0.29) is 23.0 Å². The first-order chi connectivity index (χ1) is 18.5. The number of nitrogens with zero attached hydrogens (tertiary/aromatic N) is 3. The van der Waals surface area contributed by atoms with E-state index in [1.807, 2.05) is 62.1 Å². The van der Waals surface area contributed by atoms with Crippen LogP contribution in [-0.2, 0) is 13.5 Å². The molecule has 3 aromatic rings. The Kier molecular flexibility index (Phi) is 8.76. The Morgan fingerprint density at radius 3 is 2.33 bits per heavy atom. The van der Waals surface area contributed by atoms with Crippen LogP contribution in [0, 0.1) is 0 Å². The number of anilines is 1. The van der Waals surface area contributed by atoms with E-state index in [1.54, 1.807) is 22.6 Å². The SMILES string of the molecule is Cn1c(=O)c(N2CCN(C(=O)NC(C)(C)C)CC2)c(C(=O)NCCCc2ccc(Cl)c(Cl)c2)c2ccccc21. The lowest BCUT2D eigenvalue weighted by molar-refractivity contribution is 0.0954. The summed E-state index contributed by atoms with van der Waals surface area (Å²) in [4.78, 5) is 43.6. The molecular formula is C29H35Cl2N5O3. The van der Waals surface area contributed by atoms with Gasteiger partial charge in [0, 0.05) is 50.7 Å². The fourth-order valence-electron chi connectivity index (χ4n) is 4.81. The van der Waals surface area contributed by atoms with Gasteiger partial charge in [-0.15, -0.1) is 0 Å². The highest BCUT2D eigenvalue weighted by Gasteiger charge is 2.29. The molecule has 2 aromatic carbocycles. The average Bonchev–Trinajstić information content (AvgIpc) is 2.89. The zero-order valence-electron chi connectivity index (χ0n) is 22.8. The van der Waals surface area contributed by atoms with Gasteiger partial charge >= 0.3 is 6.03 Å². The number of halogens is 2. The summed E-state index contributed by atoms with van der Waals surface area (Å²) in [6.45, 7) is 8.04. The molecule has 3 amide bonds. The molecule has 39 heavy (non-hydrogen) atoms. The predicted molar refractivity (Wildman–Crippen MR) is 158 cm³/mol. The van der Waals surface area contributed by atoms with Crippen molar-refractivity contribution >= 4 is 51.7 Å². The average molecular weight is 573 g/mol. The minimum absolute atomic E-state index is 0.131. The van der Waals surface area contributed by atoms with Gasteiger partial charge in [0.05, 0.1) is 21.1 Å². The van der Waals surface area contributed by atoms with Gasteiger partial charge in [-0.3, -0.25) is 9.59 Å². The highest BCUT2D eigenvalue weighted by atomic mass is 35.5. The van der Waals surface area contributed by atoms with Gasteiger partial charge in [0.1, 0.15) is 5.69 Å². The second kappa shape index (κ2) is 11.9. The van der Waals surface area contributed by atoms with Gasteiger partial charge in [0.2, 0.25) is 0 Å². The number of carbonyl (C=O) groups is 2. The molecule has 8 nitrogen and oxygen atoms in total. The van der Waals surface area contributed by atoms with Crippen molar-refractivity contribution in [2.45, 2.75) is 39.2 Å². The quantitative estimate of drug-likeness (QED) is 0.414. The van der Waals surface area contributed by atoms with Gasteiger partial charge in [-0.05, 0) is 57.4 Å². The van der Waals surface area contributed by atoms with Crippen molar-refractivity contribution < 1.29 is 9.59 Å². The fraction of sp³-hybridized carbons (Fsp3) is 0.414. The largest absolute Gasteiger partial charge is 0.363 e. The highest BCUT2D eigenvalue weighted by Crippen LogP contribution is 2.27. The van der Waals surface area contributed by atoms with Gasteiger partial charge in [0.25, 0.3) is 11.5 Å². The van der Waals surface area contributed by atoms with E-state index in [0.29, 0.717) is 71.3 Å². The zero-order chi connectivity index (χ0) is 28.3. The minimum Gasteiger partial charge on any atom is -0.363 e. The number of para-hydroxylation sites is 1. The van der Waals surface area contributed by atoms with E-state index in [9.17, 15) is 14.4 Å². The van der Waals surface area contributed by atoms with Crippen LogP contribution in [0.4, 0.5) is 10.5 Å². The summed E-state index contributed by atoms with van der Waals surface area (Å²) in [5, 5.41) is 7.73. The molecule has 0 saturated carbocycles. The summed E-state index contributed by atoms with van der Waals surface area (Å²) in [6, 6.07) is 12.8. The number of rotatable bonds is 6. The summed E-state index contributed by atoms with van der Waals surface area (Å²) in [7, 11) is 1.72. The number of carbonyl (C=O) groups excluding carboxylic acids is 2. The van der Waals surface area contributed by atoms with Gasteiger partial charge in [-0.25, -0.2) is 4.79 Å². The summed E-state index contributed by atoms with van der Waals surface area (Å²) >= 11 is 12.1. The molecule has 2 heterocycles. The lowest BCUT2D eigenvalue weighted by Gasteiger charge is -2.38. The van der Waals surface area contributed by atoms with Crippen molar-refractivity contribution in [1.29, 1.82) is 0 Å². The molecule has 1 fully saturated rings. The van der Waals surface area contributed by atoms with Crippen molar-refractivity contribution in [2.24, 2.45) is 7.05 Å². The standard InChI is InChI=1S/C29H35Cl2N5O3/c1-29(2,3)33-28(39)36-16-14-35(15-17-36)25-24(20-9-5-6-10-23(20)34(4)27(25)38)26(37)32-13-7-8-19-11-12-21(30)22(31)18-19/h5-6,9-12,18H,7-8,13-17H2,1-4H3,(H,32,37)(H,33,39). The number of hydrogen-bond acceptors (Lipinski definition) is 4. The van der Waals surface area contributed by atoms with Crippen LogP contribution in [0.15, 0.2) is 47.3 Å². The molecule has 0 radical (unpaired) electrons. The third-order valence-electron chi connectivity index (χ3n) is 6.78. The number of pyridine rings is 1. The fourth-order valence-corrected chi connectivity index (χ4v) is 5.14. The summed E-state index contributed by atoms with van der Waals surface area (Å²) in [6.07, 6.45) is 1.42. The molecule has 0 spiro atoms. The van der Waals surface area contributed by atoms with E-state index in [1.165, 1.54) is 0 Å². The number of hydrogen-bond donors (Lipinski definition) is 2. The van der Waals surface area contributed by atoms with Crippen LogP contribution in [0.25, 0.3) is 10.9 Å². The van der Waals surface area contributed by atoms with Crippen molar-refractivity contribution in [2.75, 3.05) is 37.6 Å². The smallest absolute Gasteiger partial charge is 0.317 e. The maximum absolute atomic E-state index is 13.6. The molecule has 1 aliphatic rings. The second-order valence-corrected chi connectivity index (χ2v) is 11.7. The number of nitrogens with one attached hydrogen (secondary N) is 2. The first kappa shape index (κ1) is 28.8. The summed E-state index contributed by atoms with van der Waals surface area (Å²) in [5.74, 6) is -0.291. The van der Waals surface area contributed by atoms with E-state index in [0.717, 1.165) is 12.0 Å². The molecule has 0 atom stereocenters. The van der Waals surface area contributed by atoms with Crippen LogP contribution >= 0.6 is 23.2 Å². The Balaban J connectivity index is 1.55. The highest BCUT2D eigenvalue weighted by molar-refractivity contribution is 6.42. The summed E-state index contributed by atoms with van der Waals surface area (Å²) in [5.41, 5.74) is 1.89. The Hall–Kier alpha value is -3.23. The zero-order valence-corrected chi connectivity index (χ0v) is 24.3. The van der Waals surface area contributed by atoms with Crippen molar-refractivity contribution in [1.82, 2.24) is 20.1 Å². The van der Waals surface area contributed by atoms with E-state index in [2.05, 4.69) is 10.6 Å². The molecule has 1 saturated heterocycles. The van der Waals surface area contributed by atoms with Crippen molar-refractivity contribution in [3.8, 4) is 0 Å². The van der Waals surface area contributed by atoms with E-state index in [4.69, 9.17) is 23.2 Å². The predicted octanol–water partition coefficient (Wildman–Crippen LogP) is 4.84. The van der Waals surface area contributed by atoms with Crippen LogP contribution in [-0.4, -0.2) is 59.7 Å². The molecule has 1 aromatic heterocycles. The van der Waals surface area contributed by atoms with E-state index >= 15 is 0 Å². The van der Waals surface area contributed by atoms with Crippen LogP contribution in [0.1, 0.15) is 43.1 Å². The first-order valence-electron chi connectivity index (χ1n) is 13.1. The number of piperazine rings is 1. The van der Waals surface area contributed by atoms with Crippen LogP contribution in [0.3, 0.4) is 0 Å². The monoisotopic (exact) mass is 571 g/mol. The Labute approximate surface area is 238 Å². The maximum atomic E-state index is 13.6. The van der Waals surface area contributed by atoms with Gasteiger partial charge in [-0.1, -0.05) is 47.5 Å². The topological polar surface area (TPSA) is 86.7 Å². The lowest BCUT2D eigenvalue weighted by atomic mass is 10.0. The third kappa shape index (κ3) is 6.68. The number of urea groups is 1. The van der Waals surface area contributed by atoms with Gasteiger partial charge in [0.15, 0.2) is 0 Å². The number of benzene rings is 2. The molecular weight excluding hydrogens is 537 g/mol. The number of aryl methyl sites for hydroxylation is 2. The molecule has 0 unspecified atom stereocenters. The van der Waals surface area contributed by atoms with Crippen LogP contribution < -0.4 is 21.1 Å². The number of aromatic nitrogens is 1. The number of amides is 3. The Bertz CT molecular complexity index is 1440. The molecule has 2 N–H and O–H groups in total. The van der Waals surface area contributed by atoms with E-state index < -0.39 is 0 Å². The number of fused-ring (bicyclic) bond motifs is 1. The normalized spacial score (nSPS) is 14.0. The third-order valence-corrected chi connectivity index (χ3v) is 7.52. The second-order valence-electron chi connectivity index (χ2n) is 10.9. The molecule has 4 rings (SSSR count). The summed E-state index contributed by atoms with van der Waals surface area (Å²) < 4.78 is 1.59. The molecule has 10 heteroatoms. The molecule has 0 aliphatic carbocycles. The maximum Gasteiger partial charge on any atom is 0.317 e. The van der Waals surface area contributed by atoms with Crippen molar-refractivity contribution in [3.63, 3.8) is 0 Å². The van der Waals surface area contributed by atoms with Gasteiger partial charge < -0.3 is 25.0 Å². The molecule has 208 valence electrons. The van der Waals surface area contributed by atoms with Crippen LogP contribution in [0.2, 0.25) is 10.0 Å². The minimum atomic E-state index is -0.340. The van der Waals surface area contributed by atoms with Crippen LogP contribution in [0.5, 0.6) is 0 Å². The Morgan fingerprint density at radius 1 is 0.974 bits per heavy atom. The van der Waals surface area contributed by atoms with Gasteiger partial charge in [-0.2, -0.15) is 0 Å². The molecule has 0 bridgehead atoms.